The van der Waals surface area contributed by atoms with Crippen LogP contribution in [0.4, 0.5) is 0 Å². The van der Waals surface area contributed by atoms with Crippen molar-refractivity contribution < 1.29 is 14.3 Å². The van der Waals surface area contributed by atoms with Gasteiger partial charge in [-0.2, -0.15) is 0 Å². The van der Waals surface area contributed by atoms with E-state index in [9.17, 15) is 9.59 Å². The van der Waals surface area contributed by atoms with Crippen molar-refractivity contribution in [2.45, 2.75) is 12.6 Å². The normalized spacial score (nSPS) is 11.5. The number of benzene rings is 2. The van der Waals surface area contributed by atoms with Crippen LogP contribution in [0.1, 0.15) is 17.2 Å². The Hall–Kier alpha value is -2.86. The molecule has 2 rings (SSSR count). The number of hydrogen-bond donors (Lipinski definition) is 3. The van der Waals surface area contributed by atoms with Crippen molar-refractivity contribution in [3.8, 4) is 5.75 Å². The number of carbonyl (C=O) groups is 2. The fraction of sp³-hybridized carbons (Fsp3) is 0.222. The highest BCUT2D eigenvalue weighted by Gasteiger charge is 2.16. The number of nitrogens with one attached hydrogen (secondary N) is 2. The molecule has 0 fully saturated rings. The van der Waals surface area contributed by atoms with Gasteiger partial charge in [0.2, 0.25) is 5.91 Å². The van der Waals surface area contributed by atoms with Gasteiger partial charge in [-0.05, 0) is 23.3 Å². The van der Waals surface area contributed by atoms with E-state index in [1.807, 2.05) is 42.5 Å². The molecule has 2 aromatic rings. The van der Waals surface area contributed by atoms with Crippen LogP contribution in [0, 0.1) is 0 Å². The lowest BCUT2D eigenvalue weighted by Gasteiger charge is -2.16. The summed E-state index contributed by atoms with van der Waals surface area (Å²) in [5.74, 6) is -0.00324. The summed E-state index contributed by atoms with van der Waals surface area (Å²) >= 11 is 0. The van der Waals surface area contributed by atoms with Gasteiger partial charge in [0.15, 0.2) is 6.61 Å². The van der Waals surface area contributed by atoms with Crippen LogP contribution in [-0.2, 0) is 16.1 Å². The Morgan fingerprint density at radius 1 is 1.08 bits per heavy atom. The van der Waals surface area contributed by atoms with Crippen molar-refractivity contribution in [1.29, 1.82) is 0 Å². The van der Waals surface area contributed by atoms with Gasteiger partial charge < -0.3 is 15.8 Å². The monoisotopic (exact) mass is 327 g/mol. The van der Waals surface area contributed by atoms with E-state index in [1.165, 1.54) is 0 Å². The van der Waals surface area contributed by atoms with E-state index in [0.717, 1.165) is 11.1 Å². The zero-order valence-electron chi connectivity index (χ0n) is 13.5. The molecule has 0 aliphatic carbocycles. The summed E-state index contributed by atoms with van der Waals surface area (Å²) in [5, 5.41) is 5.64. The second-order valence-electron chi connectivity index (χ2n) is 5.23. The number of ether oxygens (including phenoxy) is 1. The van der Waals surface area contributed by atoms with Crippen LogP contribution < -0.4 is 21.1 Å². The molecule has 0 aromatic heterocycles. The van der Waals surface area contributed by atoms with Crippen LogP contribution in [0.5, 0.6) is 5.75 Å². The molecule has 0 bridgehead atoms. The lowest BCUT2D eigenvalue weighted by molar-refractivity contribution is -0.122. The first-order chi connectivity index (χ1) is 11.6. The van der Waals surface area contributed by atoms with Gasteiger partial charge in [-0.25, -0.2) is 0 Å². The molecule has 126 valence electrons. The summed E-state index contributed by atoms with van der Waals surface area (Å²) in [6.07, 6.45) is 0. The van der Waals surface area contributed by atoms with Crippen molar-refractivity contribution in [1.82, 2.24) is 10.6 Å². The molecule has 2 aromatic carbocycles. The molecule has 6 nitrogen and oxygen atoms in total. The lowest BCUT2D eigenvalue weighted by atomic mass is 10.1. The Bertz CT molecular complexity index is 672. The Labute approximate surface area is 141 Å². The van der Waals surface area contributed by atoms with E-state index >= 15 is 0 Å². The van der Waals surface area contributed by atoms with Crippen LogP contribution in [0.15, 0.2) is 54.6 Å². The molecule has 0 saturated carbocycles. The molecular formula is C18H21N3O3. The number of amides is 2. The minimum absolute atomic E-state index is 0.0220. The van der Waals surface area contributed by atoms with Crippen molar-refractivity contribution in [3.63, 3.8) is 0 Å². The molecule has 0 unspecified atom stereocenters. The SMILES string of the molecule is CNC(=O)COc1ccc(CN[C@@H](C(N)=O)c2ccccc2)cc1. The zero-order valence-corrected chi connectivity index (χ0v) is 13.5. The average molecular weight is 327 g/mol. The molecule has 2 amide bonds. The molecule has 0 aliphatic rings. The predicted molar refractivity (Wildman–Crippen MR) is 91.2 cm³/mol. The van der Waals surface area contributed by atoms with E-state index in [1.54, 1.807) is 19.2 Å². The summed E-state index contributed by atoms with van der Waals surface area (Å²) in [6, 6.07) is 16.1. The first kappa shape index (κ1) is 17.5. The van der Waals surface area contributed by atoms with E-state index in [4.69, 9.17) is 10.5 Å². The fourth-order valence-corrected chi connectivity index (χ4v) is 2.17. The molecular weight excluding hydrogens is 306 g/mol. The Morgan fingerprint density at radius 3 is 2.33 bits per heavy atom. The third-order valence-corrected chi connectivity index (χ3v) is 3.50. The van der Waals surface area contributed by atoms with Gasteiger partial charge >= 0.3 is 0 Å². The maximum Gasteiger partial charge on any atom is 0.257 e. The molecule has 0 saturated heterocycles. The van der Waals surface area contributed by atoms with Gasteiger partial charge in [-0.1, -0.05) is 42.5 Å². The largest absolute Gasteiger partial charge is 0.484 e. The van der Waals surface area contributed by atoms with Gasteiger partial charge in [-0.3, -0.25) is 14.9 Å². The minimum atomic E-state index is -0.546. The van der Waals surface area contributed by atoms with E-state index in [0.29, 0.717) is 12.3 Å². The van der Waals surface area contributed by atoms with Crippen molar-refractivity contribution in [2.24, 2.45) is 5.73 Å². The average Bonchev–Trinajstić information content (AvgIpc) is 2.61. The maximum absolute atomic E-state index is 11.7. The Morgan fingerprint density at radius 2 is 1.75 bits per heavy atom. The third kappa shape index (κ3) is 5.10. The van der Waals surface area contributed by atoms with E-state index in [2.05, 4.69) is 10.6 Å². The van der Waals surface area contributed by atoms with Crippen LogP contribution in [0.2, 0.25) is 0 Å². The number of carbonyl (C=O) groups excluding carboxylic acids is 2. The molecule has 1 atom stereocenters. The van der Waals surface area contributed by atoms with Crippen LogP contribution in [0.25, 0.3) is 0 Å². The van der Waals surface area contributed by atoms with Gasteiger partial charge in [-0.15, -0.1) is 0 Å². The molecule has 0 radical (unpaired) electrons. The zero-order chi connectivity index (χ0) is 17.4. The second kappa shape index (κ2) is 8.69. The van der Waals surface area contributed by atoms with Gasteiger partial charge in [0.05, 0.1) is 0 Å². The van der Waals surface area contributed by atoms with E-state index in [-0.39, 0.29) is 12.5 Å². The number of primary amides is 1. The van der Waals surface area contributed by atoms with Crippen molar-refractivity contribution >= 4 is 11.8 Å². The molecule has 24 heavy (non-hydrogen) atoms. The molecule has 4 N–H and O–H groups in total. The quantitative estimate of drug-likeness (QED) is 0.677. The number of rotatable bonds is 8. The molecule has 0 aliphatic heterocycles. The highest BCUT2D eigenvalue weighted by Crippen LogP contribution is 2.15. The summed E-state index contributed by atoms with van der Waals surface area (Å²) in [4.78, 5) is 22.8. The van der Waals surface area contributed by atoms with Crippen molar-refractivity contribution in [3.05, 3.63) is 65.7 Å². The minimum Gasteiger partial charge on any atom is -0.484 e. The third-order valence-electron chi connectivity index (χ3n) is 3.50. The maximum atomic E-state index is 11.7. The Kier molecular flexibility index (Phi) is 6.33. The second-order valence-corrected chi connectivity index (χ2v) is 5.23. The first-order valence-electron chi connectivity index (χ1n) is 7.60. The van der Waals surface area contributed by atoms with Crippen LogP contribution >= 0.6 is 0 Å². The summed E-state index contributed by atoms with van der Waals surface area (Å²) in [7, 11) is 1.56. The number of hydrogen-bond acceptors (Lipinski definition) is 4. The predicted octanol–water partition coefficient (Wildman–Crippen LogP) is 1.13. The molecule has 6 heteroatoms. The van der Waals surface area contributed by atoms with Gasteiger partial charge in [0.1, 0.15) is 11.8 Å². The smallest absolute Gasteiger partial charge is 0.257 e. The number of likely N-dealkylation sites (N-methyl/N-ethyl adjacent to an activating group) is 1. The van der Waals surface area contributed by atoms with Crippen LogP contribution in [0.3, 0.4) is 0 Å². The highest BCUT2D eigenvalue weighted by molar-refractivity contribution is 5.81. The van der Waals surface area contributed by atoms with Crippen molar-refractivity contribution in [2.75, 3.05) is 13.7 Å². The van der Waals surface area contributed by atoms with Gasteiger partial charge in [0.25, 0.3) is 5.91 Å². The Balaban J connectivity index is 1.93. The lowest BCUT2D eigenvalue weighted by Crippen LogP contribution is -2.33. The summed E-state index contributed by atoms with van der Waals surface area (Å²) in [6.45, 7) is 0.462. The molecule has 0 spiro atoms. The van der Waals surface area contributed by atoms with Crippen LogP contribution in [-0.4, -0.2) is 25.5 Å². The summed E-state index contributed by atoms with van der Waals surface area (Å²) in [5.41, 5.74) is 7.28. The first-order valence-corrected chi connectivity index (χ1v) is 7.60. The molecule has 0 heterocycles. The highest BCUT2D eigenvalue weighted by atomic mass is 16.5. The van der Waals surface area contributed by atoms with E-state index < -0.39 is 11.9 Å². The summed E-state index contributed by atoms with van der Waals surface area (Å²) < 4.78 is 5.34. The van der Waals surface area contributed by atoms with Gasteiger partial charge in [0, 0.05) is 13.6 Å². The number of nitrogens with two attached hydrogens (primary N) is 1. The standard InChI is InChI=1S/C18H21N3O3/c1-20-16(22)12-24-15-9-7-13(8-10-15)11-21-17(18(19)23)14-5-3-2-4-6-14/h2-10,17,21H,11-12H2,1H3,(H2,19,23)(H,20,22)/t17-/m1/s1. The fourth-order valence-electron chi connectivity index (χ4n) is 2.17. The topological polar surface area (TPSA) is 93.4 Å².